The summed E-state index contributed by atoms with van der Waals surface area (Å²) >= 11 is 0. The Morgan fingerprint density at radius 2 is 1.22 bits per heavy atom. The van der Waals surface area contributed by atoms with Crippen molar-refractivity contribution in [1.82, 2.24) is 0 Å². The van der Waals surface area contributed by atoms with Crippen molar-refractivity contribution in [2.24, 2.45) is 0 Å². The van der Waals surface area contributed by atoms with Crippen LogP contribution in [0, 0.1) is 0 Å². The molecular formula is C17H29O5P. The van der Waals surface area contributed by atoms with Crippen molar-refractivity contribution in [3.05, 3.63) is 30.3 Å². The molecule has 5 nitrogen and oxygen atoms in total. The SMILES string of the molecule is O=P(O)(O)OCCCCCCCCCCCOc1ccccc1. The minimum Gasteiger partial charge on any atom is -0.494 e. The predicted molar refractivity (Wildman–Crippen MR) is 91.5 cm³/mol. The average molecular weight is 344 g/mol. The molecule has 0 unspecified atom stereocenters. The smallest absolute Gasteiger partial charge is 0.469 e. The lowest BCUT2D eigenvalue weighted by atomic mass is 10.1. The Labute approximate surface area is 139 Å². The van der Waals surface area contributed by atoms with E-state index in [1.807, 2.05) is 30.3 Å². The quantitative estimate of drug-likeness (QED) is 0.378. The highest BCUT2D eigenvalue weighted by atomic mass is 31.2. The fourth-order valence-corrected chi connectivity index (χ4v) is 2.70. The largest absolute Gasteiger partial charge is 0.494 e. The number of hydrogen-bond donors (Lipinski definition) is 2. The van der Waals surface area contributed by atoms with E-state index in [0.29, 0.717) is 6.42 Å². The van der Waals surface area contributed by atoms with Crippen molar-refractivity contribution in [3.63, 3.8) is 0 Å². The minimum atomic E-state index is -4.28. The third-order valence-electron chi connectivity index (χ3n) is 3.56. The summed E-state index contributed by atoms with van der Waals surface area (Å²) < 4.78 is 20.5. The third kappa shape index (κ3) is 13.3. The van der Waals surface area contributed by atoms with Crippen LogP contribution in [-0.4, -0.2) is 23.0 Å². The van der Waals surface area contributed by atoms with Crippen LogP contribution in [0.2, 0.25) is 0 Å². The molecule has 0 bridgehead atoms. The standard InChI is InChI=1S/C17H29O5P/c18-23(19,20)22-16-12-7-5-3-1-2-4-6-11-15-21-17-13-9-8-10-14-17/h8-10,13-14H,1-7,11-12,15-16H2,(H2,18,19,20). The van der Waals surface area contributed by atoms with Gasteiger partial charge in [-0.3, -0.25) is 4.52 Å². The number of benzene rings is 1. The zero-order valence-corrected chi connectivity index (χ0v) is 14.6. The maximum atomic E-state index is 10.5. The molecule has 0 spiro atoms. The van der Waals surface area contributed by atoms with Crippen LogP contribution in [0.5, 0.6) is 5.75 Å². The minimum absolute atomic E-state index is 0.145. The van der Waals surface area contributed by atoms with Crippen LogP contribution in [0.15, 0.2) is 30.3 Å². The first-order chi connectivity index (χ1) is 11.1. The molecule has 0 saturated carbocycles. The van der Waals surface area contributed by atoms with Gasteiger partial charge in [-0.25, -0.2) is 4.57 Å². The molecule has 1 aromatic carbocycles. The first-order valence-electron chi connectivity index (χ1n) is 8.46. The van der Waals surface area contributed by atoms with E-state index in [2.05, 4.69) is 4.52 Å². The number of rotatable bonds is 14. The van der Waals surface area contributed by atoms with Crippen molar-refractivity contribution >= 4 is 7.82 Å². The van der Waals surface area contributed by atoms with Crippen LogP contribution in [0.3, 0.4) is 0 Å². The van der Waals surface area contributed by atoms with E-state index < -0.39 is 7.82 Å². The molecule has 0 heterocycles. The Bertz CT molecular complexity index is 432. The first kappa shape index (κ1) is 20.2. The van der Waals surface area contributed by atoms with Crippen LogP contribution in [0.4, 0.5) is 0 Å². The van der Waals surface area contributed by atoms with Gasteiger partial charge in [-0.15, -0.1) is 0 Å². The Hall–Kier alpha value is -0.870. The van der Waals surface area contributed by atoms with Crippen LogP contribution < -0.4 is 4.74 Å². The Balaban J connectivity index is 1.77. The van der Waals surface area contributed by atoms with Crippen molar-refractivity contribution in [2.75, 3.05) is 13.2 Å². The van der Waals surface area contributed by atoms with Gasteiger partial charge in [0.25, 0.3) is 0 Å². The fraction of sp³-hybridized carbons (Fsp3) is 0.647. The molecule has 1 aromatic rings. The highest BCUT2D eigenvalue weighted by molar-refractivity contribution is 7.46. The van der Waals surface area contributed by atoms with Gasteiger partial charge >= 0.3 is 7.82 Å². The number of hydrogen-bond acceptors (Lipinski definition) is 3. The maximum absolute atomic E-state index is 10.5. The summed E-state index contributed by atoms with van der Waals surface area (Å²) in [6.07, 6.45) is 9.94. The van der Waals surface area contributed by atoms with E-state index in [-0.39, 0.29) is 6.61 Å². The van der Waals surface area contributed by atoms with E-state index in [1.165, 1.54) is 32.1 Å². The molecule has 23 heavy (non-hydrogen) atoms. The Kier molecular flexibility index (Phi) is 11.0. The van der Waals surface area contributed by atoms with E-state index in [1.54, 1.807) is 0 Å². The highest BCUT2D eigenvalue weighted by Gasteiger charge is 2.12. The van der Waals surface area contributed by atoms with Crippen LogP contribution >= 0.6 is 7.82 Å². The van der Waals surface area contributed by atoms with Gasteiger partial charge in [0.2, 0.25) is 0 Å². The zero-order valence-electron chi connectivity index (χ0n) is 13.7. The topological polar surface area (TPSA) is 76.0 Å². The van der Waals surface area contributed by atoms with Crippen LogP contribution in [0.1, 0.15) is 57.8 Å². The fourth-order valence-electron chi connectivity index (χ4n) is 2.33. The molecule has 0 saturated heterocycles. The van der Waals surface area contributed by atoms with E-state index in [9.17, 15) is 4.57 Å². The molecule has 0 aromatic heterocycles. The summed E-state index contributed by atoms with van der Waals surface area (Å²) in [5.41, 5.74) is 0. The molecule has 0 atom stereocenters. The van der Waals surface area contributed by atoms with Crippen molar-refractivity contribution < 1.29 is 23.6 Å². The van der Waals surface area contributed by atoms with E-state index >= 15 is 0 Å². The number of ether oxygens (including phenoxy) is 1. The summed E-state index contributed by atoms with van der Waals surface area (Å²) in [7, 11) is -4.28. The molecule has 0 amide bonds. The molecule has 0 aliphatic carbocycles. The molecule has 132 valence electrons. The second-order valence-corrected chi connectivity index (χ2v) is 6.91. The summed E-state index contributed by atoms with van der Waals surface area (Å²) in [4.78, 5) is 17.0. The Morgan fingerprint density at radius 3 is 1.74 bits per heavy atom. The van der Waals surface area contributed by atoms with E-state index in [0.717, 1.165) is 31.6 Å². The number of para-hydroxylation sites is 1. The molecule has 0 radical (unpaired) electrons. The highest BCUT2D eigenvalue weighted by Crippen LogP contribution is 2.35. The third-order valence-corrected chi connectivity index (χ3v) is 4.08. The molecule has 0 aliphatic rings. The van der Waals surface area contributed by atoms with Crippen molar-refractivity contribution in [1.29, 1.82) is 0 Å². The Morgan fingerprint density at radius 1 is 0.739 bits per heavy atom. The van der Waals surface area contributed by atoms with Gasteiger partial charge in [0.15, 0.2) is 0 Å². The average Bonchev–Trinajstić information content (AvgIpc) is 2.52. The maximum Gasteiger partial charge on any atom is 0.469 e. The normalized spacial score (nSPS) is 11.6. The van der Waals surface area contributed by atoms with Crippen LogP contribution in [0.25, 0.3) is 0 Å². The first-order valence-corrected chi connectivity index (χ1v) is 9.99. The molecule has 0 fully saturated rings. The van der Waals surface area contributed by atoms with Crippen LogP contribution in [-0.2, 0) is 9.09 Å². The van der Waals surface area contributed by atoms with Gasteiger partial charge in [-0.1, -0.05) is 63.1 Å². The number of phosphoric ester groups is 1. The zero-order chi connectivity index (χ0) is 16.8. The molecular weight excluding hydrogens is 315 g/mol. The summed E-state index contributed by atoms with van der Waals surface area (Å²) in [6, 6.07) is 9.90. The van der Waals surface area contributed by atoms with Gasteiger partial charge in [0.1, 0.15) is 5.75 Å². The van der Waals surface area contributed by atoms with Gasteiger partial charge in [-0.05, 0) is 25.0 Å². The molecule has 0 aliphatic heterocycles. The molecule has 2 N–H and O–H groups in total. The van der Waals surface area contributed by atoms with E-state index in [4.69, 9.17) is 14.5 Å². The molecule has 6 heteroatoms. The lowest BCUT2D eigenvalue weighted by Crippen LogP contribution is -1.96. The van der Waals surface area contributed by atoms with Gasteiger partial charge in [0, 0.05) is 0 Å². The second kappa shape index (κ2) is 12.5. The number of phosphoric acid groups is 1. The summed E-state index contributed by atoms with van der Waals surface area (Å²) in [6.45, 7) is 0.926. The molecule has 1 rings (SSSR count). The number of unbranched alkanes of at least 4 members (excludes halogenated alkanes) is 8. The lowest BCUT2D eigenvalue weighted by molar-refractivity contribution is 0.193. The second-order valence-electron chi connectivity index (χ2n) is 5.67. The summed E-state index contributed by atoms with van der Waals surface area (Å²) in [5.74, 6) is 0.940. The van der Waals surface area contributed by atoms with Crippen molar-refractivity contribution in [2.45, 2.75) is 57.8 Å². The monoisotopic (exact) mass is 344 g/mol. The van der Waals surface area contributed by atoms with Crippen molar-refractivity contribution in [3.8, 4) is 5.75 Å². The predicted octanol–water partition coefficient (Wildman–Crippen LogP) is 4.69. The van der Waals surface area contributed by atoms with Gasteiger partial charge in [-0.2, -0.15) is 0 Å². The summed E-state index contributed by atoms with van der Waals surface area (Å²) in [5, 5.41) is 0. The van der Waals surface area contributed by atoms with Gasteiger partial charge in [0.05, 0.1) is 13.2 Å². The van der Waals surface area contributed by atoms with Gasteiger partial charge < -0.3 is 14.5 Å². The lowest BCUT2D eigenvalue weighted by Gasteiger charge is -2.06.